The van der Waals surface area contributed by atoms with Gasteiger partial charge in [0.2, 0.25) is 0 Å². The first kappa shape index (κ1) is 15.2. The van der Waals surface area contributed by atoms with Crippen LogP contribution in [0.5, 0.6) is 0 Å². The summed E-state index contributed by atoms with van der Waals surface area (Å²) in [5, 5.41) is 7.74. The highest BCUT2D eigenvalue weighted by molar-refractivity contribution is 9.10. The maximum absolute atomic E-state index is 13.6. The molecule has 0 aliphatic carbocycles. The molecule has 0 unspecified atom stereocenters. The van der Waals surface area contributed by atoms with Crippen molar-refractivity contribution in [1.29, 1.82) is 0 Å². The Labute approximate surface area is 127 Å². The fraction of sp³-hybridized carbons (Fsp3) is 0.400. The van der Waals surface area contributed by atoms with E-state index in [-0.39, 0.29) is 5.82 Å². The Bertz CT molecular complexity index is 593. The minimum atomic E-state index is -0.184. The SMILES string of the molecule is CC(C)c1nn(C)cc1CNCc1cc(Br)ccc1F. The van der Waals surface area contributed by atoms with Crippen LogP contribution in [0.15, 0.2) is 28.9 Å². The first-order valence-corrected chi connectivity index (χ1v) is 7.43. The molecule has 0 saturated carbocycles. The van der Waals surface area contributed by atoms with Crippen molar-refractivity contribution >= 4 is 15.9 Å². The van der Waals surface area contributed by atoms with Crippen molar-refractivity contribution in [2.45, 2.75) is 32.9 Å². The molecule has 0 bridgehead atoms. The quantitative estimate of drug-likeness (QED) is 0.899. The molecule has 5 heteroatoms. The highest BCUT2D eigenvalue weighted by Crippen LogP contribution is 2.18. The third-order valence-corrected chi connectivity index (χ3v) is 3.62. The van der Waals surface area contributed by atoms with Gasteiger partial charge in [-0.15, -0.1) is 0 Å². The Kier molecular flexibility index (Phi) is 4.94. The number of benzene rings is 1. The average molecular weight is 340 g/mol. The van der Waals surface area contributed by atoms with Gasteiger partial charge < -0.3 is 5.32 Å². The first-order valence-electron chi connectivity index (χ1n) is 6.64. The monoisotopic (exact) mass is 339 g/mol. The van der Waals surface area contributed by atoms with Gasteiger partial charge in [-0.1, -0.05) is 29.8 Å². The molecule has 0 aliphatic heterocycles. The number of aryl methyl sites for hydroxylation is 1. The Balaban J connectivity index is 2.01. The van der Waals surface area contributed by atoms with Crippen LogP contribution in [-0.2, 0) is 20.1 Å². The van der Waals surface area contributed by atoms with E-state index in [1.807, 2.05) is 17.9 Å². The average Bonchev–Trinajstić information content (AvgIpc) is 2.75. The molecule has 1 aromatic carbocycles. The fourth-order valence-corrected chi connectivity index (χ4v) is 2.60. The topological polar surface area (TPSA) is 29.9 Å². The molecule has 0 spiro atoms. The van der Waals surface area contributed by atoms with E-state index in [0.29, 0.717) is 24.6 Å². The zero-order valence-corrected chi connectivity index (χ0v) is 13.5. The number of rotatable bonds is 5. The highest BCUT2D eigenvalue weighted by atomic mass is 79.9. The van der Waals surface area contributed by atoms with Crippen LogP contribution in [0.4, 0.5) is 4.39 Å². The molecule has 2 aromatic rings. The lowest BCUT2D eigenvalue weighted by atomic mass is 10.1. The summed E-state index contributed by atoms with van der Waals surface area (Å²) in [5.41, 5.74) is 2.92. The van der Waals surface area contributed by atoms with Gasteiger partial charge in [0.15, 0.2) is 0 Å². The van der Waals surface area contributed by atoms with Gasteiger partial charge in [0.25, 0.3) is 0 Å². The predicted molar refractivity (Wildman–Crippen MR) is 81.9 cm³/mol. The van der Waals surface area contributed by atoms with Crippen LogP contribution in [0.3, 0.4) is 0 Å². The van der Waals surface area contributed by atoms with E-state index in [9.17, 15) is 4.39 Å². The van der Waals surface area contributed by atoms with Gasteiger partial charge in [-0.25, -0.2) is 4.39 Å². The number of nitrogens with zero attached hydrogens (tertiary/aromatic N) is 2. The second-order valence-corrected chi connectivity index (χ2v) is 6.12. The van der Waals surface area contributed by atoms with Crippen LogP contribution in [0.25, 0.3) is 0 Å². The summed E-state index contributed by atoms with van der Waals surface area (Å²) in [6.07, 6.45) is 2.01. The first-order chi connectivity index (χ1) is 9.47. The summed E-state index contributed by atoms with van der Waals surface area (Å²) in [6.45, 7) is 5.44. The van der Waals surface area contributed by atoms with E-state index >= 15 is 0 Å². The molecule has 0 aliphatic rings. The summed E-state index contributed by atoms with van der Waals surface area (Å²) in [4.78, 5) is 0. The van der Waals surface area contributed by atoms with Gasteiger partial charge >= 0.3 is 0 Å². The van der Waals surface area contributed by atoms with E-state index in [2.05, 4.69) is 40.2 Å². The largest absolute Gasteiger partial charge is 0.308 e. The maximum atomic E-state index is 13.6. The van der Waals surface area contributed by atoms with Crippen molar-refractivity contribution in [3.63, 3.8) is 0 Å². The molecule has 1 heterocycles. The van der Waals surface area contributed by atoms with Crippen LogP contribution in [-0.4, -0.2) is 9.78 Å². The van der Waals surface area contributed by atoms with Crippen molar-refractivity contribution in [3.05, 3.63) is 51.5 Å². The Morgan fingerprint density at radius 2 is 2.00 bits per heavy atom. The predicted octanol–water partition coefficient (Wildman–Crippen LogP) is 3.73. The van der Waals surface area contributed by atoms with Crippen LogP contribution < -0.4 is 5.32 Å². The Morgan fingerprint density at radius 3 is 2.70 bits per heavy atom. The number of hydrogen-bond acceptors (Lipinski definition) is 2. The minimum absolute atomic E-state index is 0.184. The summed E-state index contributed by atoms with van der Waals surface area (Å²) in [5.74, 6) is 0.201. The molecule has 108 valence electrons. The van der Waals surface area contributed by atoms with E-state index in [0.717, 1.165) is 15.7 Å². The summed E-state index contributed by atoms with van der Waals surface area (Å²) >= 11 is 3.36. The number of hydrogen-bond donors (Lipinski definition) is 1. The minimum Gasteiger partial charge on any atom is -0.308 e. The highest BCUT2D eigenvalue weighted by Gasteiger charge is 2.11. The summed E-state index contributed by atoms with van der Waals surface area (Å²) in [6, 6.07) is 4.98. The van der Waals surface area contributed by atoms with Crippen LogP contribution in [0, 0.1) is 5.82 Å². The third-order valence-electron chi connectivity index (χ3n) is 3.12. The molecule has 1 N–H and O–H groups in total. The molecule has 0 radical (unpaired) electrons. The van der Waals surface area contributed by atoms with Crippen LogP contribution in [0.2, 0.25) is 0 Å². The molecule has 0 saturated heterocycles. The second-order valence-electron chi connectivity index (χ2n) is 5.21. The lowest BCUT2D eigenvalue weighted by Crippen LogP contribution is -2.14. The molecular weight excluding hydrogens is 321 g/mol. The lowest BCUT2D eigenvalue weighted by molar-refractivity contribution is 0.586. The molecule has 20 heavy (non-hydrogen) atoms. The van der Waals surface area contributed by atoms with E-state index in [4.69, 9.17) is 0 Å². The van der Waals surface area contributed by atoms with Gasteiger partial charge in [0.05, 0.1) is 5.69 Å². The third kappa shape index (κ3) is 3.67. The maximum Gasteiger partial charge on any atom is 0.127 e. The van der Waals surface area contributed by atoms with Crippen molar-refractivity contribution in [2.24, 2.45) is 7.05 Å². The van der Waals surface area contributed by atoms with E-state index in [1.54, 1.807) is 12.1 Å². The van der Waals surface area contributed by atoms with E-state index < -0.39 is 0 Å². The van der Waals surface area contributed by atoms with Crippen molar-refractivity contribution in [3.8, 4) is 0 Å². The van der Waals surface area contributed by atoms with Gasteiger partial charge in [0, 0.05) is 41.9 Å². The van der Waals surface area contributed by atoms with Crippen molar-refractivity contribution in [1.82, 2.24) is 15.1 Å². The van der Waals surface area contributed by atoms with Gasteiger partial charge in [0.1, 0.15) is 5.82 Å². The smallest absolute Gasteiger partial charge is 0.127 e. The molecule has 0 fully saturated rings. The number of nitrogens with one attached hydrogen (secondary N) is 1. The molecule has 0 amide bonds. The zero-order chi connectivity index (χ0) is 14.7. The molecule has 3 nitrogen and oxygen atoms in total. The Hall–Kier alpha value is -1.20. The van der Waals surface area contributed by atoms with Crippen LogP contribution >= 0.6 is 15.9 Å². The Morgan fingerprint density at radius 1 is 1.30 bits per heavy atom. The van der Waals surface area contributed by atoms with E-state index in [1.165, 1.54) is 6.07 Å². The molecule has 0 atom stereocenters. The number of aromatic nitrogens is 2. The molecular formula is C15H19BrFN3. The van der Waals surface area contributed by atoms with Gasteiger partial charge in [-0.3, -0.25) is 4.68 Å². The molecule has 2 rings (SSSR count). The standard InChI is InChI=1S/C15H19BrFN3/c1-10(2)15-12(9-20(3)19-15)8-18-7-11-6-13(16)4-5-14(11)17/h4-6,9-10,18H,7-8H2,1-3H3. The van der Waals surface area contributed by atoms with Gasteiger partial charge in [-0.2, -0.15) is 5.10 Å². The second kappa shape index (κ2) is 6.50. The van der Waals surface area contributed by atoms with Gasteiger partial charge in [-0.05, 0) is 24.1 Å². The normalized spacial score (nSPS) is 11.3. The fourth-order valence-electron chi connectivity index (χ4n) is 2.19. The summed E-state index contributed by atoms with van der Waals surface area (Å²) in [7, 11) is 1.92. The molecule has 1 aromatic heterocycles. The lowest BCUT2D eigenvalue weighted by Gasteiger charge is -2.08. The summed E-state index contributed by atoms with van der Waals surface area (Å²) < 4.78 is 16.3. The zero-order valence-electron chi connectivity index (χ0n) is 12.0. The van der Waals surface area contributed by atoms with Crippen LogP contribution in [0.1, 0.15) is 36.6 Å². The van der Waals surface area contributed by atoms with Crippen molar-refractivity contribution < 1.29 is 4.39 Å². The number of halogens is 2. The van der Waals surface area contributed by atoms with Crippen molar-refractivity contribution in [2.75, 3.05) is 0 Å².